The Bertz CT molecular complexity index is 487. The molecule has 1 aromatic heterocycles. The number of pyridine rings is 1. The van der Waals surface area contributed by atoms with Gasteiger partial charge in [-0.05, 0) is 36.8 Å². The van der Waals surface area contributed by atoms with Gasteiger partial charge >= 0.3 is 0 Å². The third-order valence-corrected chi connectivity index (χ3v) is 5.53. The molecule has 0 unspecified atom stereocenters. The van der Waals surface area contributed by atoms with Crippen LogP contribution in [-0.2, 0) is 0 Å². The monoisotopic (exact) mass is 274 g/mol. The zero-order chi connectivity index (χ0) is 13.8. The third-order valence-electron chi connectivity index (χ3n) is 5.53. The third kappa shape index (κ3) is 1.66. The maximum atomic E-state index is 9.37. The van der Waals surface area contributed by atoms with Crippen molar-refractivity contribution >= 4 is 11.5 Å². The minimum atomic E-state index is 0.304. The number of anilines is 2. The minimum Gasteiger partial charge on any atom is -0.396 e. The van der Waals surface area contributed by atoms with Crippen LogP contribution in [0.25, 0.3) is 0 Å². The van der Waals surface area contributed by atoms with Crippen molar-refractivity contribution in [2.75, 3.05) is 43.4 Å². The fourth-order valence-electron chi connectivity index (χ4n) is 4.47. The molecule has 0 atom stereocenters. The molecular weight excluding hydrogens is 252 g/mol. The van der Waals surface area contributed by atoms with Gasteiger partial charge in [-0.15, -0.1) is 0 Å². The Morgan fingerprint density at radius 3 is 2.40 bits per heavy atom. The second-order valence-electron chi connectivity index (χ2n) is 6.83. The summed E-state index contributed by atoms with van der Waals surface area (Å²) in [4.78, 5) is 9.20. The maximum absolute atomic E-state index is 9.37. The standard InChI is InChI=1S/C15H22N4O/c16-13-2-1-12(7-17-13)18-3-5-19(6-4-18)15-8-14(9-15,10-15)11-20/h1-2,7,20H,3-6,8-11H2,(H2,16,17). The lowest BCUT2D eigenvalue weighted by Crippen LogP contribution is -2.77. The number of rotatable bonds is 3. The fourth-order valence-corrected chi connectivity index (χ4v) is 4.47. The van der Waals surface area contributed by atoms with Gasteiger partial charge in [0.15, 0.2) is 0 Å². The smallest absolute Gasteiger partial charge is 0.123 e. The molecule has 3 aliphatic carbocycles. The van der Waals surface area contributed by atoms with Gasteiger partial charge in [0.05, 0.1) is 11.9 Å². The van der Waals surface area contributed by atoms with Crippen molar-refractivity contribution in [3.8, 4) is 0 Å². The van der Waals surface area contributed by atoms with Crippen molar-refractivity contribution in [2.24, 2.45) is 5.41 Å². The van der Waals surface area contributed by atoms with Crippen LogP contribution in [0.1, 0.15) is 19.3 Å². The second-order valence-corrected chi connectivity index (χ2v) is 6.83. The molecule has 20 heavy (non-hydrogen) atoms. The van der Waals surface area contributed by atoms with Crippen LogP contribution in [0.5, 0.6) is 0 Å². The van der Waals surface area contributed by atoms with Gasteiger partial charge in [0.1, 0.15) is 5.82 Å². The molecule has 3 saturated carbocycles. The highest BCUT2D eigenvalue weighted by Crippen LogP contribution is 2.69. The molecule has 0 radical (unpaired) electrons. The van der Waals surface area contributed by atoms with Crippen LogP contribution in [0.3, 0.4) is 0 Å². The van der Waals surface area contributed by atoms with E-state index in [4.69, 9.17) is 5.73 Å². The van der Waals surface area contributed by atoms with Crippen LogP contribution in [-0.4, -0.2) is 53.3 Å². The molecule has 2 bridgehead atoms. The Morgan fingerprint density at radius 1 is 1.15 bits per heavy atom. The topological polar surface area (TPSA) is 65.6 Å². The average Bonchev–Trinajstić information content (AvgIpc) is 2.38. The van der Waals surface area contributed by atoms with Gasteiger partial charge < -0.3 is 15.7 Å². The van der Waals surface area contributed by atoms with Gasteiger partial charge in [0.2, 0.25) is 0 Å². The highest BCUT2D eigenvalue weighted by Gasteiger charge is 2.69. The zero-order valence-electron chi connectivity index (χ0n) is 11.8. The van der Waals surface area contributed by atoms with Crippen molar-refractivity contribution in [2.45, 2.75) is 24.8 Å². The van der Waals surface area contributed by atoms with Gasteiger partial charge in [-0.3, -0.25) is 4.90 Å². The Hall–Kier alpha value is -1.33. The van der Waals surface area contributed by atoms with Gasteiger partial charge in [-0.2, -0.15) is 0 Å². The number of nitrogen functional groups attached to an aromatic ring is 1. The van der Waals surface area contributed by atoms with Gasteiger partial charge in [0.25, 0.3) is 0 Å². The van der Waals surface area contributed by atoms with Crippen LogP contribution in [0, 0.1) is 5.41 Å². The second kappa shape index (κ2) is 4.09. The molecule has 0 spiro atoms. The number of aromatic nitrogens is 1. The number of hydrogen-bond acceptors (Lipinski definition) is 5. The van der Waals surface area contributed by atoms with E-state index in [0.29, 0.717) is 23.4 Å². The molecule has 5 heteroatoms. The van der Waals surface area contributed by atoms with E-state index < -0.39 is 0 Å². The molecule has 0 amide bonds. The van der Waals surface area contributed by atoms with Gasteiger partial charge in [0, 0.05) is 38.3 Å². The number of aliphatic hydroxyl groups excluding tert-OH is 1. The lowest BCUT2D eigenvalue weighted by molar-refractivity contribution is -0.236. The predicted octanol–water partition coefficient (Wildman–Crippen LogP) is 0.701. The Labute approximate surface area is 119 Å². The highest BCUT2D eigenvalue weighted by molar-refractivity contribution is 5.48. The van der Waals surface area contributed by atoms with Crippen LogP contribution in [0.2, 0.25) is 0 Å². The molecule has 3 N–H and O–H groups in total. The molecule has 4 aliphatic rings. The quantitative estimate of drug-likeness (QED) is 0.849. The zero-order valence-corrected chi connectivity index (χ0v) is 11.8. The first-order valence-corrected chi connectivity index (χ1v) is 7.47. The maximum Gasteiger partial charge on any atom is 0.123 e. The molecule has 2 heterocycles. The first-order valence-electron chi connectivity index (χ1n) is 7.47. The molecule has 1 saturated heterocycles. The van der Waals surface area contributed by atoms with E-state index in [-0.39, 0.29) is 0 Å². The summed E-state index contributed by atoms with van der Waals surface area (Å²) in [5.74, 6) is 0.579. The van der Waals surface area contributed by atoms with Crippen LogP contribution < -0.4 is 10.6 Å². The molecule has 0 aromatic carbocycles. The Balaban J connectivity index is 1.36. The van der Waals surface area contributed by atoms with Crippen LogP contribution in [0.4, 0.5) is 11.5 Å². The molecule has 108 valence electrons. The number of aliphatic hydroxyl groups is 1. The SMILES string of the molecule is Nc1ccc(N2CCN(C34CC(CO)(C3)C4)CC2)cn1. The van der Waals surface area contributed by atoms with Crippen molar-refractivity contribution in [3.63, 3.8) is 0 Å². The Kier molecular flexibility index (Phi) is 2.54. The largest absolute Gasteiger partial charge is 0.396 e. The van der Waals surface area contributed by atoms with E-state index >= 15 is 0 Å². The molecule has 1 aromatic rings. The fraction of sp³-hybridized carbons (Fsp3) is 0.667. The first-order chi connectivity index (χ1) is 9.65. The number of nitrogens with two attached hydrogens (primary N) is 1. The molecule has 4 fully saturated rings. The van der Waals surface area contributed by atoms with E-state index in [9.17, 15) is 5.11 Å². The van der Waals surface area contributed by atoms with E-state index in [1.165, 1.54) is 24.9 Å². The number of nitrogens with zero attached hydrogens (tertiary/aromatic N) is 3. The molecule has 5 nitrogen and oxygen atoms in total. The van der Waals surface area contributed by atoms with Crippen molar-refractivity contribution < 1.29 is 5.11 Å². The molecule has 5 rings (SSSR count). The van der Waals surface area contributed by atoms with Crippen LogP contribution >= 0.6 is 0 Å². The lowest BCUT2D eigenvalue weighted by atomic mass is 9.39. The first kappa shape index (κ1) is 12.4. The minimum absolute atomic E-state index is 0.304. The predicted molar refractivity (Wildman–Crippen MR) is 78.5 cm³/mol. The summed E-state index contributed by atoms with van der Waals surface area (Å²) in [5.41, 5.74) is 7.55. The van der Waals surface area contributed by atoms with E-state index in [1.54, 1.807) is 0 Å². The van der Waals surface area contributed by atoms with Gasteiger partial charge in [-0.1, -0.05) is 0 Å². The summed E-state index contributed by atoms with van der Waals surface area (Å²) in [6.45, 7) is 4.72. The van der Waals surface area contributed by atoms with E-state index in [2.05, 4.69) is 20.9 Å². The summed E-state index contributed by atoms with van der Waals surface area (Å²) in [5, 5.41) is 9.37. The van der Waals surface area contributed by atoms with Crippen molar-refractivity contribution in [1.29, 1.82) is 0 Å². The van der Waals surface area contributed by atoms with E-state index in [1.807, 2.05) is 12.3 Å². The number of piperazine rings is 1. The van der Waals surface area contributed by atoms with Crippen molar-refractivity contribution in [3.05, 3.63) is 18.3 Å². The Morgan fingerprint density at radius 2 is 1.85 bits per heavy atom. The molecule has 1 aliphatic heterocycles. The summed E-state index contributed by atoms with van der Waals surface area (Å²) in [7, 11) is 0. The lowest BCUT2D eigenvalue weighted by Gasteiger charge is -2.74. The van der Waals surface area contributed by atoms with Crippen LogP contribution in [0.15, 0.2) is 18.3 Å². The average molecular weight is 274 g/mol. The summed E-state index contributed by atoms with van der Waals surface area (Å²) < 4.78 is 0. The summed E-state index contributed by atoms with van der Waals surface area (Å²) in [6.07, 6.45) is 5.49. The molecular formula is C15H22N4O. The van der Waals surface area contributed by atoms with Gasteiger partial charge in [-0.25, -0.2) is 4.98 Å². The summed E-state index contributed by atoms with van der Waals surface area (Å²) in [6, 6.07) is 3.92. The highest BCUT2D eigenvalue weighted by atomic mass is 16.3. The van der Waals surface area contributed by atoms with E-state index in [0.717, 1.165) is 26.2 Å². The normalized spacial score (nSPS) is 36.4. The number of hydrogen-bond donors (Lipinski definition) is 2. The van der Waals surface area contributed by atoms with Crippen molar-refractivity contribution in [1.82, 2.24) is 9.88 Å². The summed E-state index contributed by atoms with van der Waals surface area (Å²) >= 11 is 0.